The molecule has 0 radical (unpaired) electrons. The lowest BCUT2D eigenvalue weighted by molar-refractivity contribution is 0.601. The van der Waals surface area contributed by atoms with Crippen molar-refractivity contribution in [3.05, 3.63) is 35.6 Å². The number of H-pyrrole nitrogens is 1. The predicted octanol–water partition coefficient (Wildman–Crippen LogP) is 1.45. The van der Waals surface area contributed by atoms with Crippen molar-refractivity contribution in [3.63, 3.8) is 0 Å². The van der Waals surface area contributed by atoms with Gasteiger partial charge in [-0.15, -0.1) is 0 Å². The van der Waals surface area contributed by atoms with Gasteiger partial charge in [-0.25, -0.2) is 18.1 Å². The first kappa shape index (κ1) is 11.7. The van der Waals surface area contributed by atoms with Crippen molar-refractivity contribution in [3.8, 4) is 0 Å². The third kappa shape index (κ3) is 2.51. The number of imidazole rings is 1. The molecule has 0 atom stereocenters. The molecule has 0 aliphatic rings. The highest BCUT2D eigenvalue weighted by Gasteiger charge is 2.16. The summed E-state index contributed by atoms with van der Waals surface area (Å²) in [6.07, 6.45) is 2.95. The molecule has 1 aromatic carbocycles. The van der Waals surface area contributed by atoms with Gasteiger partial charge in [-0.3, -0.25) is 0 Å². The Morgan fingerprint density at radius 1 is 1.41 bits per heavy atom. The molecule has 0 unspecified atom stereocenters. The van der Waals surface area contributed by atoms with Crippen LogP contribution in [-0.4, -0.2) is 18.4 Å². The van der Waals surface area contributed by atoms with Crippen LogP contribution < -0.4 is 10.5 Å². The van der Waals surface area contributed by atoms with Gasteiger partial charge in [0.2, 0.25) is 5.95 Å². The van der Waals surface area contributed by atoms with Gasteiger partial charge in [-0.2, -0.15) is 0 Å². The molecule has 17 heavy (non-hydrogen) atoms. The summed E-state index contributed by atoms with van der Waals surface area (Å²) in [6.45, 7) is 0. The largest absolute Gasteiger partial charge is 0.397 e. The molecule has 90 valence electrons. The lowest BCUT2D eigenvalue weighted by atomic mass is 10.3. The Hall–Kier alpha value is -1.73. The fraction of sp³-hybridized carbons (Fsp3) is 0. The summed E-state index contributed by atoms with van der Waals surface area (Å²) < 4.78 is 26.1. The van der Waals surface area contributed by atoms with E-state index in [4.69, 9.17) is 17.3 Å². The molecule has 0 saturated carbocycles. The average molecular weight is 273 g/mol. The number of aromatic amines is 1. The van der Waals surface area contributed by atoms with Crippen molar-refractivity contribution in [2.24, 2.45) is 0 Å². The van der Waals surface area contributed by atoms with Crippen LogP contribution in [0, 0.1) is 0 Å². The molecule has 4 N–H and O–H groups in total. The van der Waals surface area contributed by atoms with E-state index in [2.05, 4.69) is 14.7 Å². The molecule has 8 heteroatoms. The molecule has 0 fully saturated rings. The van der Waals surface area contributed by atoms with Crippen LogP contribution in [0.5, 0.6) is 0 Å². The maximum absolute atomic E-state index is 11.9. The van der Waals surface area contributed by atoms with Gasteiger partial charge >= 0.3 is 0 Å². The van der Waals surface area contributed by atoms with Gasteiger partial charge in [0.05, 0.1) is 15.6 Å². The van der Waals surface area contributed by atoms with Crippen molar-refractivity contribution in [1.29, 1.82) is 0 Å². The molecule has 1 aromatic heterocycles. The fourth-order valence-electron chi connectivity index (χ4n) is 1.20. The number of nitrogens with two attached hydrogens (primary N) is 1. The summed E-state index contributed by atoms with van der Waals surface area (Å²) in [6, 6.07) is 4.07. The van der Waals surface area contributed by atoms with Crippen molar-refractivity contribution in [2.75, 3.05) is 10.5 Å². The van der Waals surface area contributed by atoms with Crippen LogP contribution in [0.2, 0.25) is 5.02 Å². The van der Waals surface area contributed by atoms with Crippen LogP contribution in [0.1, 0.15) is 0 Å². The third-order valence-electron chi connectivity index (χ3n) is 2.01. The number of hydrogen-bond donors (Lipinski definition) is 3. The number of nitrogens with one attached hydrogen (secondary N) is 2. The Labute approximate surface area is 103 Å². The standard InChI is InChI=1S/C9H9ClN4O2S/c10-7-2-1-6(5-8(7)11)17(15,16)14-9-12-3-4-13-9/h1-5H,11H2,(H2,12,13,14). The first-order chi connectivity index (χ1) is 7.99. The van der Waals surface area contributed by atoms with E-state index in [0.29, 0.717) is 5.02 Å². The van der Waals surface area contributed by atoms with E-state index in [-0.39, 0.29) is 16.5 Å². The van der Waals surface area contributed by atoms with E-state index in [1.807, 2.05) is 0 Å². The van der Waals surface area contributed by atoms with Crippen LogP contribution in [0.25, 0.3) is 0 Å². The second-order valence-corrected chi connectivity index (χ2v) is 5.32. The number of halogens is 1. The zero-order chi connectivity index (χ0) is 12.5. The fourth-order valence-corrected chi connectivity index (χ4v) is 2.33. The molecule has 0 aliphatic carbocycles. The Balaban J connectivity index is 2.35. The summed E-state index contributed by atoms with van der Waals surface area (Å²) in [4.78, 5) is 6.42. The molecular formula is C9H9ClN4O2S. The highest BCUT2D eigenvalue weighted by atomic mass is 35.5. The summed E-state index contributed by atoms with van der Waals surface area (Å²) in [5.74, 6) is 0.138. The lowest BCUT2D eigenvalue weighted by Crippen LogP contribution is -2.14. The molecule has 2 rings (SSSR count). The minimum absolute atomic E-state index is 0.0239. The van der Waals surface area contributed by atoms with Gasteiger partial charge in [0.25, 0.3) is 10.0 Å². The van der Waals surface area contributed by atoms with Crippen LogP contribution in [0.4, 0.5) is 11.6 Å². The predicted molar refractivity (Wildman–Crippen MR) is 65.3 cm³/mol. The SMILES string of the molecule is Nc1cc(S(=O)(=O)Nc2ncc[nH]2)ccc1Cl. The summed E-state index contributed by atoms with van der Waals surface area (Å²) in [5, 5.41) is 0.307. The van der Waals surface area contributed by atoms with Crippen molar-refractivity contribution >= 4 is 33.3 Å². The zero-order valence-electron chi connectivity index (χ0n) is 8.51. The maximum atomic E-state index is 11.9. The number of aromatic nitrogens is 2. The molecule has 0 aliphatic heterocycles. The maximum Gasteiger partial charge on any atom is 0.264 e. The smallest absolute Gasteiger partial charge is 0.264 e. The molecule has 0 saturated heterocycles. The van der Waals surface area contributed by atoms with Gasteiger partial charge in [-0.1, -0.05) is 11.6 Å². The van der Waals surface area contributed by atoms with Crippen LogP contribution in [0.15, 0.2) is 35.5 Å². The monoisotopic (exact) mass is 272 g/mol. The van der Waals surface area contributed by atoms with Gasteiger partial charge in [0.1, 0.15) is 0 Å². The molecule has 0 amide bonds. The van der Waals surface area contributed by atoms with E-state index >= 15 is 0 Å². The first-order valence-corrected chi connectivity index (χ1v) is 6.42. The minimum atomic E-state index is -3.70. The minimum Gasteiger partial charge on any atom is -0.397 e. The normalized spacial score (nSPS) is 11.4. The van der Waals surface area contributed by atoms with Crippen molar-refractivity contribution in [2.45, 2.75) is 4.90 Å². The number of nitrogens with zero attached hydrogens (tertiary/aromatic N) is 1. The summed E-state index contributed by atoms with van der Waals surface area (Å²) >= 11 is 5.71. The number of hydrogen-bond acceptors (Lipinski definition) is 4. The zero-order valence-corrected chi connectivity index (χ0v) is 10.1. The molecule has 0 spiro atoms. The third-order valence-corrected chi connectivity index (χ3v) is 3.69. The Morgan fingerprint density at radius 2 is 2.18 bits per heavy atom. The van der Waals surface area contributed by atoms with Gasteiger partial charge in [-0.05, 0) is 18.2 Å². The average Bonchev–Trinajstić information content (AvgIpc) is 2.73. The van der Waals surface area contributed by atoms with Crippen LogP contribution >= 0.6 is 11.6 Å². The number of benzene rings is 1. The molecular weight excluding hydrogens is 264 g/mol. The molecule has 1 heterocycles. The van der Waals surface area contributed by atoms with E-state index in [9.17, 15) is 8.42 Å². The highest BCUT2D eigenvalue weighted by molar-refractivity contribution is 7.92. The Kier molecular flexibility index (Phi) is 2.95. The van der Waals surface area contributed by atoms with Gasteiger partial charge in [0, 0.05) is 12.4 Å². The topological polar surface area (TPSA) is 101 Å². The molecule has 6 nitrogen and oxygen atoms in total. The quantitative estimate of drug-likeness (QED) is 0.736. The van der Waals surface area contributed by atoms with Gasteiger partial charge < -0.3 is 10.7 Å². The van der Waals surface area contributed by atoms with Crippen LogP contribution in [0.3, 0.4) is 0 Å². The summed E-state index contributed by atoms with van der Waals surface area (Å²) in [5.41, 5.74) is 5.75. The Bertz CT molecular complexity index is 624. The number of rotatable bonds is 3. The summed E-state index contributed by atoms with van der Waals surface area (Å²) in [7, 11) is -3.70. The highest BCUT2D eigenvalue weighted by Crippen LogP contribution is 2.23. The number of nitrogen functional groups attached to an aromatic ring is 1. The van der Waals surface area contributed by atoms with E-state index in [0.717, 1.165) is 0 Å². The van der Waals surface area contributed by atoms with Gasteiger partial charge in [0.15, 0.2) is 0 Å². The lowest BCUT2D eigenvalue weighted by Gasteiger charge is -2.06. The van der Waals surface area contributed by atoms with Crippen LogP contribution in [-0.2, 0) is 10.0 Å². The Morgan fingerprint density at radius 3 is 2.76 bits per heavy atom. The van der Waals surface area contributed by atoms with Crippen molar-refractivity contribution in [1.82, 2.24) is 9.97 Å². The van der Waals surface area contributed by atoms with E-state index in [1.165, 1.54) is 30.6 Å². The van der Waals surface area contributed by atoms with E-state index in [1.54, 1.807) is 0 Å². The second-order valence-electron chi connectivity index (χ2n) is 3.23. The first-order valence-electron chi connectivity index (χ1n) is 4.56. The number of anilines is 2. The molecule has 0 bridgehead atoms. The van der Waals surface area contributed by atoms with E-state index < -0.39 is 10.0 Å². The van der Waals surface area contributed by atoms with Crippen molar-refractivity contribution < 1.29 is 8.42 Å². The molecule has 2 aromatic rings. The second kappa shape index (κ2) is 4.27. The number of sulfonamides is 1.